The van der Waals surface area contributed by atoms with Crippen molar-refractivity contribution in [1.82, 2.24) is 20.1 Å². The summed E-state index contributed by atoms with van der Waals surface area (Å²) in [5.41, 5.74) is 0.951. The van der Waals surface area contributed by atoms with E-state index in [2.05, 4.69) is 10.3 Å². The van der Waals surface area contributed by atoms with Crippen molar-refractivity contribution >= 4 is 29.2 Å². The van der Waals surface area contributed by atoms with Crippen LogP contribution in [-0.2, 0) is 9.59 Å². The van der Waals surface area contributed by atoms with Crippen LogP contribution < -0.4 is 5.32 Å². The van der Waals surface area contributed by atoms with Gasteiger partial charge in [0.1, 0.15) is 11.6 Å². The van der Waals surface area contributed by atoms with Crippen molar-refractivity contribution in [2.75, 3.05) is 19.6 Å². The van der Waals surface area contributed by atoms with Crippen LogP contribution in [0.2, 0.25) is 0 Å². The first-order valence-corrected chi connectivity index (χ1v) is 8.24. The molecule has 22 heavy (non-hydrogen) atoms. The van der Waals surface area contributed by atoms with Gasteiger partial charge >= 0.3 is 6.03 Å². The number of likely N-dealkylation sites (tertiary alicyclic amines) is 1. The molecule has 3 heterocycles. The molecule has 1 atom stereocenters. The maximum Gasteiger partial charge on any atom is 0.325 e. The largest absolute Gasteiger partial charge is 0.332 e. The lowest BCUT2D eigenvalue weighted by molar-refractivity contribution is -0.139. The van der Waals surface area contributed by atoms with Crippen molar-refractivity contribution < 1.29 is 14.4 Å². The normalized spacial score (nSPS) is 22.1. The van der Waals surface area contributed by atoms with Gasteiger partial charge in [-0.15, -0.1) is 11.3 Å². The molecule has 0 aliphatic carbocycles. The monoisotopic (exact) mass is 322 g/mol. The molecule has 2 saturated heterocycles. The van der Waals surface area contributed by atoms with E-state index < -0.39 is 6.03 Å². The minimum absolute atomic E-state index is 0.0266. The fourth-order valence-corrected chi connectivity index (χ4v) is 3.80. The molecule has 3 rings (SSSR count). The van der Waals surface area contributed by atoms with E-state index in [9.17, 15) is 14.4 Å². The van der Waals surface area contributed by atoms with Crippen LogP contribution in [0.15, 0.2) is 5.38 Å². The summed E-state index contributed by atoms with van der Waals surface area (Å²) in [5.74, 6) is -0.542. The summed E-state index contributed by atoms with van der Waals surface area (Å²) in [6, 6.07) is -0.530. The van der Waals surface area contributed by atoms with Gasteiger partial charge in [0, 0.05) is 17.6 Å². The molecular formula is C14H18N4O3S. The summed E-state index contributed by atoms with van der Waals surface area (Å²) in [6.07, 6.45) is 2.86. The first kappa shape index (κ1) is 15.0. The molecule has 0 bridgehead atoms. The first-order valence-electron chi connectivity index (χ1n) is 7.36. The highest BCUT2D eigenvalue weighted by molar-refractivity contribution is 7.09. The highest BCUT2D eigenvalue weighted by atomic mass is 32.1. The number of aryl methyl sites for hydroxylation is 1. The van der Waals surface area contributed by atoms with E-state index in [1.807, 2.05) is 12.3 Å². The van der Waals surface area contributed by atoms with Crippen LogP contribution in [0.3, 0.4) is 0 Å². The van der Waals surface area contributed by atoms with Crippen molar-refractivity contribution in [3.05, 3.63) is 16.1 Å². The average Bonchev–Trinajstić information content (AvgIpc) is 3.08. The molecule has 0 spiro atoms. The van der Waals surface area contributed by atoms with E-state index in [0.29, 0.717) is 6.54 Å². The van der Waals surface area contributed by atoms with E-state index in [-0.39, 0.29) is 30.9 Å². The quantitative estimate of drug-likeness (QED) is 0.844. The summed E-state index contributed by atoms with van der Waals surface area (Å²) in [7, 11) is 0. The highest BCUT2D eigenvalue weighted by Gasteiger charge is 2.35. The minimum atomic E-state index is -0.489. The molecule has 1 aromatic rings. The molecule has 0 aromatic carbocycles. The van der Waals surface area contributed by atoms with Crippen molar-refractivity contribution in [3.63, 3.8) is 0 Å². The first-order chi connectivity index (χ1) is 10.6. The zero-order valence-corrected chi connectivity index (χ0v) is 13.2. The smallest absolute Gasteiger partial charge is 0.325 e. The van der Waals surface area contributed by atoms with Gasteiger partial charge in [-0.05, 0) is 26.2 Å². The molecule has 118 valence electrons. The molecule has 2 aliphatic heterocycles. The van der Waals surface area contributed by atoms with Crippen LogP contribution >= 0.6 is 11.3 Å². The Labute approximate surface area is 132 Å². The molecule has 2 aliphatic rings. The number of hydrogen-bond acceptors (Lipinski definition) is 5. The zero-order chi connectivity index (χ0) is 15.7. The van der Waals surface area contributed by atoms with Gasteiger partial charge in [0.2, 0.25) is 5.91 Å². The lowest BCUT2D eigenvalue weighted by Crippen LogP contribution is -2.46. The third-order valence-electron chi connectivity index (χ3n) is 3.98. The molecule has 1 aromatic heterocycles. The Bertz CT molecular complexity index is 599. The van der Waals surface area contributed by atoms with Gasteiger partial charge in [0.25, 0.3) is 5.91 Å². The predicted molar refractivity (Wildman–Crippen MR) is 80.3 cm³/mol. The maximum absolute atomic E-state index is 12.6. The van der Waals surface area contributed by atoms with Gasteiger partial charge in [0.05, 0.1) is 12.6 Å². The second-order valence-electron chi connectivity index (χ2n) is 5.56. The third kappa shape index (κ3) is 2.83. The Kier molecular flexibility index (Phi) is 4.10. The summed E-state index contributed by atoms with van der Waals surface area (Å²) >= 11 is 1.56. The van der Waals surface area contributed by atoms with Gasteiger partial charge < -0.3 is 10.2 Å². The average molecular weight is 322 g/mol. The highest BCUT2D eigenvalue weighted by Crippen LogP contribution is 2.32. The fourth-order valence-electron chi connectivity index (χ4n) is 2.85. The number of rotatable bonds is 3. The van der Waals surface area contributed by atoms with Crippen LogP contribution in [0.5, 0.6) is 0 Å². The number of hydrogen-bond donors (Lipinski definition) is 1. The molecule has 8 heteroatoms. The van der Waals surface area contributed by atoms with E-state index in [1.165, 1.54) is 0 Å². The Morgan fingerprint density at radius 1 is 1.45 bits per heavy atom. The van der Waals surface area contributed by atoms with Gasteiger partial charge in [0.15, 0.2) is 0 Å². The summed E-state index contributed by atoms with van der Waals surface area (Å²) in [6.45, 7) is 2.36. The Hall–Kier alpha value is -1.96. The molecule has 7 nitrogen and oxygen atoms in total. The van der Waals surface area contributed by atoms with Crippen LogP contribution in [0.1, 0.15) is 36.0 Å². The summed E-state index contributed by atoms with van der Waals surface area (Å²) < 4.78 is 0. The maximum atomic E-state index is 12.6. The second kappa shape index (κ2) is 6.04. The number of piperidine rings is 1. The van der Waals surface area contributed by atoms with Crippen LogP contribution in [0, 0.1) is 6.92 Å². The molecule has 0 radical (unpaired) electrons. The van der Waals surface area contributed by atoms with Crippen molar-refractivity contribution in [1.29, 1.82) is 0 Å². The second-order valence-corrected chi connectivity index (χ2v) is 6.45. The van der Waals surface area contributed by atoms with Gasteiger partial charge in [-0.2, -0.15) is 0 Å². The molecule has 0 saturated carbocycles. The number of amides is 4. The van der Waals surface area contributed by atoms with Gasteiger partial charge in [-0.25, -0.2) is 9.78 Å². The number of thiazole rings is 1. The van der Waals surface area contributed by atoms with E-state index in [4.69, 9.17) is 0 Å². The fraction of sp³-hybridized carbons (Fsp3) is 0.571. The number of nitrogens with one attached hydrogen (secondary N) is 1. The Morgan fingerprint density at radius 2 is 2.27 bits per heavy atom. The van der Waals surface area contributed by atoms with Crippen LogP contribution in [-0.4, -0.2) is 52.3 Å². The Morgan fingerprint density at radius 3 is 2.91 bits per heavy atom. The number of urea groups is 1. The third-order valence-corrected chi connectivity index (χ3v) is 5.04. The zero-order valence-electron chi connectivity index (χ0n) is 12.4. The lowest BCUT2D eigenvalue weighted by atomic mass is 10.0. The van der Waals surface area contributed by atoms with Crippen molar-refractivity contribution in [2.45, 2.75) is 32.2 Å². The van der Waals surface area contributed by atoms with E-state index in [0.717, 1.165) is 34.9 Å². The molecule has 1 unspecified atom stereocenters. The Balaban J connectivity index is 1.74. The topological polar surface area (TPSA) is 82.6 Å². The number of aromatic nitrogens is 1. The molecule has 4 amide bonds. The standard InChI is InChI=1S/C14H18N4O3S/c1-9-8-22-13(16-9)10-4-2-3-5-17(10)12(20)7-18-11(19)6-15-14(18)21/h8,10H,2-7H2,1H3,(H,15,21). The van der Waals surface area contributed by atoms with Crippen LogP contribution in [0.25, 0.3) is 0 Å². The summed E-state index contributed by atoms with van der Waals surface area (Å²) in [4.78, 5) is 43.0. The summed E-state index contributed by atoms with van der Waals surface area (Å²) in [5, 5.41) is 5.34. The lowest BCUT2D eigenvalue weighted by Gasteiger charge is -2.35. The molecule has 2 fully saturated rings. The van der Waals surface area contributed by atoms with Crippen molar-refractivity contribution in [2.24, 2.45) is 0 Å². The predicted octanol–water partition coefficient (Wildman–Crippen LogP) is 1.06. The van der Waals surface area contributed by atoms with Crippen LogP contribution in [0.4, 0.5) is 4.79 Å². The van der Waals surface area contributed by atoms with Crippen molar-refractivity contribution in [3.8, 4) is 0 Å². The minimum Gasteiger partial charge on any atom is -0.332 e. The SMILES string of the molecule is Cc1csc(C2CCCCN2C(=O)CN2C(=O)CNC2=O)n1. The number of carbonyl (C=O) groups is 3. The molecular weight excluding hydrogens is 304 g/mol. The molecule has 1 N–H and O–H groups in total. The van der Waals surface area contributed by atoms with Gasteiger partial charge in [-0.3, -0.25) is 14.5 Å². The number of imide groups is 1. The van der Waals surface area contributed by atoms with E-state index >= 15 is 0 Å². The van der Waals surface area contributed by atoms with E-state index in [1.54, 1.807) is 16.2 Å². The number of carbonyl (C=O) groups excluding carboxylic acids is 3. The number of nitrogens with zero attached hydrogens (tertiary/aromatic N) is 3. The van der Waals surface area contributed by atoms with Gasteiger partial charge in [-0.1, -0.05) is 0 Å².